The van der Waals surface area contributed by atoms with E-state index in [0.29, 0.717) is 30.4 Å². The number of carbonyl (C=O) groups excluding carboxylic acids is 1. The molecule has 9 heteroatoms. The number of pyridine rings is 1. The van der Waals surface area contributed by atoms with Gasteiger partial charge in [0.1, 0.15) is 0 Å². The van der Waals surface area contributed by atoms with Crippen molar-refractivity contribution in [3.63, 3.8) is 0 Å². The molecule has 1 aliphatic heterocycles. The van der Waals surface area contributed by atoms with Gasteiger partial charge in [0.15, 0.2) is 0 Å². The van der Waals surface area contributed by atoms with Crippen molar-refractivity contribution in [3.05, 3.63) is 80.8 Å². The van der Waals surface area contributed by atoms with Crippen LogP contribution in [0.5, 0.6) is 0 Å². The van der Waals surface area contributed by atoms with Crippen LogP contribution >= 0.6 is 23.1 Å². The summed E-state index contributed by atoms with van der Waals surface area (Å²) in [6.07, 6.45) is -0.523. The van der Waals surface area contributed by atoms with Gasteiger partial charge in [-0.2, -0.15) is 13.2 Å². The SMILES string of the molecule is CCSc1ccc(CNC(=O)c2cc3c(s2)C(CCC(C)C)N(Cc2ccc(C(F)(F)F)cc2)C3)nc1. The highest BCUT2D eigenvalue weighted by molar-refractivity contribution is 7.99. The largest absolute Gasteiger partial charge is 0.416 e. The number of halogens is 3. The van der Waals surface area contributed by atoms with E-state index in [1.165, 1.54) is 16.2 Å². The second-order valence-corrected chi connectivity index (χ2v) is 12.1. The topological polar surface area (TPSA) is 45.2 Å². The zero-order valence-electron chi connectivity index (χ0n) is 21.3. The molecule has 4 nitrogen and oxygen atoms in total. The monoisotopic (exact) mass is 547 g/mol. The lowest BCUT2D eigenvalue weighted by Gasteiger charge is -2.26. The van der Waals surface area contributed by atoms with Crippen LogP contribution in [0.4, 0.5) is 13.2 Å². The zero-order valence-corrected chi connectivity index (χ0v) is 22.9. The number of nitrogens with zero attached hydrogens (tertiary/aromatic N) is 2. The van der Waals surface area contributed by atoms with Gasteiger partial charge in [0.25, 0.3) is 5.91 Å². The van der Waals surface area contributed by atoms with E-state index < -0.39 is 11.7 Å². The van der Waals surface area contributed by atoms with Gasteiger partial charge < -0.3 is 5.32 Å². The summed E-state index contributed by atoms with van der Waals surface area (Å²) in [6, 6.07) is 11.5. The zero-order chi connectivity index (χ0) is 26.6. The Kier molecular flexibility index (Phi) is 8.98. The molecule has 37 heavy (non-hydrogen) atoms. The second-order valence-electron chi connectivity index (χ2n) is 9.69. The summed E-state index contributed by atoms with van der Waals surface area (Å²) in [5, 5.41) is 2.99. The molecule has 1 aromatic carbocycles. The third-order valence-corrected chi connectivity index (χ3v) is 8.55. The standard InChI is InChI=1S/C28H32F3N3OS2/c1-4-36-23-11-10-22(32-15-23)14-33-27(35)25-13-20-17-34(24(26(20)37-25)12-5-18(2)3)16-19-6-8-21(9-7-19)28(29,30)31/h6-11,13,15,18,24H,4-5,12,14,16-17H2,1-3H3,(H,33,35). The van der Waals surface area contributed by atoms with E-state index in [-0.39, 0.29) is 11.9 Å². The quantitative estimate of drug-likeness (QED) is 0.264. The van der Waals surface area contributed by atoms with Gasteiger partial charge in [0, 0.05) is 35.1 Å². The number of fused-ring (bicyclic) bond motifs is 1. The maximum atomic E-state index is 13.0. The van der Waals surface area contributed by atoms with E-state index in [2.05, 4.69) is 36.0 Å². The lowest BCUT2D eigenvalue weighted by Crippen LogP contribution is -2.24. The number of alkyl halides is 3. The fourth-order valence-electron chi connectivity index (χ4n) is 4.49. The lowest BCUT2D eigenvalue weighted by atomic mass is 10.0. The molecule has 1 unspecified atom stereocenters. The Morgan fingerprint density at radius 1 is 1.22 bits per heavy atom. The minimum Gasteiger partial charge on any atom is -0.346 e. The molecule has 0 saturated carbocycles. The predicted octanol–water partition coefficient (Wildman–Crippen LogP) is 7.70. The maximum absolute atomic E-state index is 13.0. The van der Waals surface area contributed by atoms with Gasteiger partial charge in [-0.15, -0.1) is 23.1 Å². The molecule has 0 saturated heterocycles. The molecule has 1 N–H and O–H groups in total. The summed E-state index contributed by atoms with van der Waals surface area (Å²) >= 11 is 3.26. The molecular weight excluding hydrogens is 515 g/mol. The smallest absolute Gasteiger partial charge is 0.346 e. The number of thioether (sulfide) groups is 1. The highest BCUT2D eigenvalue weighted by Gasteiger charge is 2.34. The van der Waals surface area contributed by atoms with Crippen molar-refractivity contribution in [1.82, 2.24) is 15.2 Å². The van der Waals surface area contributed by atoms with Gasteiger partial charge in [-0.1, -0.05) is 32.9 Å². The van der Waals surface area contributed by atoms with Gasteiger partial charge in [-0.25, -0.2) is 0 Å². The van der Waals surface area contributed by atoms with Crippen molar-refractivity contribution in [2.45, 2.75) is 70.4 Å². The minimum atomic E-state index is -4.33. The molecule has 0 spiro atoms. The number of amides is 1. The summed E-state index contributed by atoms with van der Waals surface area (Å²) in [5.41, 5.74) is 2.17. The van der Waals surface area contributed by atoms with Gasteiger partial charge in [-0.3, -0.25) is 14.7 Å². The molecule has 2 aromatic heterocycles. The molecule has 1 amide bonds. The highest BCUT2D eigenvalue weighted by Crippen LogP contribution is 2.43. The summed E-state index contributed by atoms with van der Waals surface area (Å²) in [7, 11) is 0. The molecular formula is C28H32F3N3OS2. The molecule has 198 valence electrons. The number of aromatic nitrogens is 1. The van der Waals surface area contributed by atoms with Crippen molar-refractivity contribution in [2.75, 3.05) is 5.75 Å². The number of rotatable bonds is 10. The Labute approximate surface area is 224 Å². The van der Waals surface area contributed by atoms with E-state index in [1.807, 2.05) is 24.4 Å². The molecule has 3 heterocycles. The third kappa shape index (κ3) is 7.15. The van der Waals surface area contributed by atoms with Crippen molar-refractivity contribution in [3.8, 4) is 0 Å². The summed E-state index contributed by atoms with van der Waals surface area (Å²) in [5.74, 6) is 1.42. The van der Waals surface area contributed by atoms with E-state index in [0.717, 1.165) is 52.4 Å². The lowest BCUT2D eigenvalue weighted by molar-refractivity contribution is -0.137. The molecule has 0 radical (unpaired) electrons. The van der Waals surface area contributed by atoms with Crippen LogP contribution in [-0.2, 0) is 25.8 Å². The number of nitrogens with one attached hydrogen (secondary N) is 1. The van der Waals surface area contributed by atoms with E-state index in [9.17, 15) is 18.0 Å². The van der Waals surface area contributed by atoms with E-state index in [1.54, 1.807) is 23.9 Å². The Hall–Kier alpha value is -2.36. The van der Waals surface area contributed by atoms with Crippen LogP contribution in [-0.4, -0.2) is 21.5 Å². The van der Waals surface area contributed by atoms with E-state index >= 15 is 0 Å². The average molecular weight is 548 g/mol. The van der Waals surface area contributed by atoms with Crippen LogP contribution in [0.3, 0.4) is 0 Å². The average Bonchev–Trinajstić information content (AvgIpc) is 3.40. The first-order valence-corrected chi connectivity index (χ1v) is 14.3. The van der Waals surface area contributed by atoms with Gasteiger partial charge in [0.2, 0.25) is 0 Å². The molecule has 0 bridgehead atoms. The molecule has 1 atom stereocenters. The van der Waals surface area contributed by atoms with Gasteiger partial charge in [-0.05, 0) is 66.0 Å². The van der Waals surface area contributed by atoms with E-state index in [4.69, 9.17) is 0 Å². The van der Waals surface area contributed by atoms with Crippen LogP contribution in [0.2, 0.25) is 0 Å². The third-order valence-electron chi connectivity index (χ3n) is 6.41. The Morgan fingerprint density at radius 3 is 2.59 bits per heavy atom. The number of hydrogen-bond donors (Lipinski definition) is 1. The van der Waals surface area contributed by atoms with Crippen molar-refractivity contribution in [2.24, 2.45) is 5.92 Å². The van der Waals surface area contributed by atoms with Crippen LogP contribution in [0, 0.1) is 5.92 Å². The van der Waals surface area contributed by atoms with Crippen LogP contribution < -0.4 is 5.32 Å². The van der Waals surface area contributed by atoms with Crippen molar-refractivity contribution < 1.29 is 18.0 Å². The number of benzene rings is 1. The van der Waals surface area contributed by atoms with Crippen molar-refractivity contribution >= 4 is 29.0 Å². The van der Waals surface area contributed by atoms with Gasteiger partial charge >= 0.3 is 6.18 Å². The summed E-state index contributed by atoms with van der Waals surface area (Å²) < 4.78 is 38.9. The Bertz CT molecular complexity index is 1190. The normalized spacial score (nSPS) is 15.8. The minimum absolute atomic E-state index is 0.106. The Morgan fingerprint density at radius 2 is 1.97 bits per heavy atom. The number of carbonyl (C=O) groups is 1. The maximum Gasteiger partial charge on any atom is 0.416 e. The predicted molar refractivity (Wildman–Crippen MR) is 144 cm³/mol. The fraction of sp³-hybridized carbons (Fsp3) is 0.429. The summed E-state index contributed by atoms with van der Waals surface area (Å²) in [6.45, 7) is 8.09. The number of hydrogen-bond acceptors (Lipinski definition) is 5. The number of thiophene rings is 1. The van der Waals surface area contributed by atoms with Crippen molar-refractivity contribution in [1.29, 1.82) is 0 Å². The second kappa shape index (κ2) is 12.0. The first kappa shape index (κ1) is 27.7. The van der Waals surface area contributed by atoms with Gasteiger partial charge in [0.05, 0.1) is 22.7 Å². The first-order chi connectivity index (χ1) is 17.6. The fourth-order valence-corrected chi connectivity index (χ4v) is 6.37. The molecule has 4 rings (SSSR count). The van der Waals surface area contributed by atoms with Crippen LogP contribution in [0.15, 0.2) is 53.6 Å². The molecule has 3 aromatic rings. The molecule has 0 fully saturated rings. The molecule has 0 aliphatic carbocycles. The summed E-state index contributed by atoms with van der Waals surface area (Å²) in [4.78, 5) is 22.6. The first-order valence-electron chi connectivity index (χ1n) is 12.5. The van der Waals surface area contributed by atoms with Crippen LogP contribution in [0.25, 0.3) is 0 Å². The Balaban J connectivity index is 1.43. The van der Waals surface area contributed by atoms with Crippen LogP contribution in [0.1, 0.15) is 76.6 Å². The highest BCUT2D eigenvalue weighted by atomic mass is 32.2. The molecule has 1 aliphatic rings.